The summed E-state index contributed by atoms with van der Waals surface area (Å²) in [4.78, 5) is 15.1. The number of nitrogens with zero attached hydrogens (tertiary/aromatic N) is 2. The van der Waals surface area contributed by atoms with Crippen molar-refractivity contribution in [2.45, 2.75) is 19.3 Å². The summed E-state index contributed by atoms with van der Waals surface area (Å²) in [6.07, 6.45) is 3.22. The van der Waals surface area contributed by atoms with Crippen LogP contribution in [0.2, 0.25) is 0 Å². The van der Waals surface area contributed by atoms with Crippen LogP contribution in [0.3, 0.4) is 0 Å². The largest absolute Gasteiger partial charge is 0.339 e. The Balaban J connectivity index is 1.12. The molecule has 0 bridgehead atoms. The van der Waals surface area contributed by atoms with E-state index in [0.717, 1.165) is 60.4 Å². The van der Waals surface area contributed by atoms with Crippen molar-refractivity contribution in [3.63, 3.8) is 0 Å². The molecule has 4 nitrogen and oxygen atoms in total. The molecule has 1 aliphatic heterocycles. The van der Waals surface area contributed by atoms with Crippen LogP contribution in [0.15, 0.2) is 103 Å². The molecule has 4 aromatic carbocycles. The number of piperidine rings is 1. The first-order valence-corrected chi connectivity index (χ1v) is 12.7. The van der Waals surface area contributed by atoms with Gasteiger partial charge in [-0.1, -0.05) is 84.9 Å². The van der Waals surface area contributed by atoms with Crippen LogP contribution in [0, 0.1) is 5.92 Å². The van der Waals surface area contributed by atoms with E-state index < -0.39 is 0 Å². The van der Waals surface area contributed by atoms with Gasteiger partial charge in [0.15, 0.2) is 0 Å². The highest BCUT2D eigenvalue weighted by Crippen LogP contribution is 2.30. The van der Waals surface area contributed by atoms with E-state index in [9.17, 15) is 4.79 Å². The number of aromatic amines is 1. The van der Waals surface area contributed by atoms with Crippen LogP contribution in [-0.4, -0.2) is 34.1 Å². The van der Waals surface area contributed by atoms with Crippen LogP contribution in [0.4, 0.5) is 0 Å². The molecule has 1 amide bonds. The first-order chi connectivity index (χ1) is 17.7. The van der Waals surface area contributed by atoms with E-state index in [0.29, 0.717) is 5.92 Å². The molecule has 0 atom stereocenters. The Morgan fingerprint density at radius 1 is 0.833 bits per heavy atom. The summed E-state index contributed by atoms with van der Waals surface area (Å²) in [5.41, 5.74) is 6.12. The van der Waals surface area contributed by atoms with E-state index in [4.69, 9.17) is 0 Å². The number of likely N-dealkylation sites (tertiary alicyclic amines) is 1. The van der Waals surface area contributed by atoms with Crippen LogP contribution in [0.25, 0.3) is 33.3 Å². The molecular weight excluding hydrogens is 442 g/mol. The summed E-state index contributed by atoms with van der Waals surface area (Å²) in [7, 11) is 0. The normalized spacial score (nSPS) is 14.3. The lowest BCUT2D eigenvalue weighted by molar-refractivity contribution is 0.0690. The Hall–Kier alpha value is -4.18. The number of hydrogen-bond acceptors (Lipinski definition) is 2. The van der Waals surface area contributed by atoms with Crippen molar-refractivity contribution >= 4 is 16.7 Å². The van der Waals surface area contributed by atoms with E-state index in [-0.39, 0.29) is 5.91 Å². The number of carbonyl (C=O) groups excluding carboxylic acids is 1. The highest BCUT2D eigenvalue weighted by Gasteiger charge is 2.24. The molecule has 0 unspecified atom stereocenters. The lowest BCUT2D eigenvalue weighted by atomic mass is 9.90. The lowest BCUT2D eigenvalue weighted by Crippen LogP contribution is -2.38. The minimum atomic E-state index is 0.123. The summed E-state index contributed by atoms with van der Waals surface area (Å²) in [5, 5.41) is 10.2. The summed E-state index contributed by atoms with van der Waals surface area (Å²) < 4.78 is 0. The number of carbonyl (C=O) groups is 1. The second kappa shape index (κ2) is 9.82. The van der Waals surface area contributed by atoms with Gasteiger partial charge in [0, 0.05) is 29.8 Å². The Labute approximate surface area is 211 Å². The monoisotopic (exact) mass is 471 g/mol. The van der Waals surface area contributed by atoms with Crippen LogP contribution in [-0.2, 0) is 6.42 Å². The maximum Gasteiger partial charge on any atom is 0.253 e. The summed E-state index contributed by atoms with van der Waals surface area (Å²) in [5.74, 6) is 0.771. The smallest absolute Gasteiger partial charge is 0.253 e. The number of rotatable bonds is 5. The van der Waals surface area contributed by atoms with E-state index >= 15 is 0 Å². The molecule has 5 aromatic rings. The molecule has 6 rings (SSSR count). The summed E-state index contributed by atoms with van der Waals surface area (Å²) >= 11 is 0. The average Bonchev–Trinajstić information content (AvgIpc) is 3.44. The quantitative estimate of drug-likeness (QED) is 0.300. The molecule has 2 heterocycles. The predicted octanol–water partition coefficient (Wildman–Crippen LogP) is 6.99. The molecule has 0 saturated carbocycles. The molecular formula is C32H29N3O. The molecule has 178 valence electrons. The van der Waals surface area contributed by atoms with Crippen molar-refractivity contribution < 1.29 is 4.79 Å². The topological polar surface area (TPSA) is 49.0 Å². The zero-order valence-corrected chi connectivity index (χ0v) is 20.2. The van der Waals surface area contributed by atoms with Gasteiger partial charge in [-0.25, -0.2) is 0 Å². The standard InChI is InChI=1S/C32H29N3O/c36-32(35-19-17-24(18-20-35)21-23-7-2-1-3-8-23)27-15-13-26(14-16-27)30-22-31(34-33-30)29-12-6-10-25-9-4-5-11-28(25)29/h1-16,22,24H,17-21H2,(H,33,34). The predicted molar refractivity (Wildman–Crippen MR) is 146 cm³/mol. The first kappa shape index (κ1) is 22.3. The van der Waals surface area contributed by atoms with E-state index in [1.165, 1.54) is 16.3 Å². The first-order valence-electron chi connectivity index (χ1n) is 12.7. The lowest BCUT2D eigenvalue weighted by Gasteiger charge is -2.32. The van der Waals surface area contributed by atoms with Crippen molar-refractivity contribution in [2.24, 2.45) is 5.92 Å². The Morgan fingerprint density at radius 3 is 2.36 bits per heavy atom. The minimum Gasteiger partial charge on any atom is -0.339 e. The fourth-order valence-corrected chi connectivity index (χ4v) is 5.32. The maximum absolute atomic E-state index is 13.1. The minimum absolute atomic E-state index is 0.123. The Bertz CT molecular complexity index is 1470. The van der Waals surface area contributed by atoms with E-state index in [2.05, 4.69) is 89.1 Å². The van der Waals surface area contributed by atoms with Crippen molar-refractivity contribution in [1.29, 1.82) is 0 Å². The number of nitrogens with one attached hydrogen (secondary N) is 1. The van der Waals surface area contributed by atoms with Crippen molar-refractivity contribution in [2.75, 3.05) is 13.1 Å². The highest BCUT2D eigenvalue weighted by atomic mass is 16.2. The van der Waals surface area contributed by atoms with Gasteiger partial charge in [-0.2, -0.15) is 5.10 Å². The molecule has 0 radical (unpaired) electrons. The summed E-state index contributed by atoms with van der Waals surface area (Å²) in [6.45, 7) is 1.65. The highest BCUT2D eigenvalue weighted by molar-refractivity contribution is 5.96. The SMILES string of the molecule is O=C(c1ccc(-c2cc(-c3cccc4ccccc34)[nH]n2)cc1)N1CCC(Cc2ccccc2)CC1. The van der Waals surface area contributed by atoms with Crippen molar-refractivity contribution in [3.05, 3.63) is 114 Å². The van der Waals surface area contributed by atoms with Crippen LogP contribution in [0.1, 0.15) is 28.8 Å². The van der Waals surface area contributed by atoms with Gasteiger partial charge in [-0.3, -0.25) is 9.89 Å². The van der Waals surface area contributed by atoms with Gasteiger partial charge in [0.2, 0.25) is 0 Å². The Morgan fingerprint density at radius 2 is 1.56 bits per heavy atom. The van der Waals surface area contributed by atoms with Gasteiger partial charge in [-0.15, -0.1) is 0 Å². The molecule has 1 saturated heterocycles. The number of amides is 1. The molecule has 36 heavy (non-hydrogen) atoms. The molecule has 1 fully saturated rings. The molecule has 0 spiro atoms. The van der Waals surface area contributed by atoms with Gasteiger partial charge < -0.3 is 4.90 Å². The van der Waals surface area contributed by atoms with Gasteiger partial charge in [0.25, 0.3) is 5.91 Å². The van der Waals surface area contributed by atoms with E-state index in [1.54, 1.807) is 0 Å². The second-order valence-corrected chi connectivity index (χ2v) is 9.70. The number of fused-ring (bicyclic) bond motifs is 1. The van der Waals surface area contributed by atoms with Gasteiger partial charge >= 0.3 is 0 Å². The summed E-state index contributed by atoms with van der Waals surface area (Å²) in [6, 6.07) is 35.3. The van der Waals surface area contributed by atoms with Gasteiger partial charge in [0.05, 0.1) is 11.4 Å². The van der Waals surface area contributed by atoms with Gasteiger partial charge in [-0.05, 0) is 59.7 Å². The maximum atomic E-state index is 13.1. The van der Waals surface area contributed by atoms with Crippen LogP contribution >= 0.6 is 0 Å². The third kappa shape index (κ3) is 4.55. The molecule has 1 aliphatic rings. The number of aromatic nitrogens is 2. The van der Waals surface area contributed by atoms with Crippen LogP contribution in [0.5, 0.6) is 0 Å². The van der Waals surface area contributed by atoms with E-state index in [1.807, 2.05) is 29.2 Å². The third-order valence-corrected chi connectivity index (χ3v) is 7.35. The number of H-pyrrole nitrogens is 1. The molecule has 4 heteroatoms. The average molecular weight is 472 g/mol. The third-order valence-electron chi connectivity index (χ3n) is 7.35. The fourth-order valence-electron chi connectivity index (χ4n) is 5.32. The Kier molecular flexibility index (Phi) is 6.08. The number of hydrogen-bond donors (Lipinski definition) is 1. The molecule has 1 aromatic heterocycles. The van der Waals surface area contributed by atoms with Crippen LogP contribution < -0.4 is 0 Å². The fraction of sp³-hybridized carbons (Fsp3) is 0.188. The van der Waals surface area contributed by atoms with Crippen molar-refractivity contribution in [3.8, 4) is 22.5 Å². The zero-order valence-electron chi connectivity index (χ0n) is 20.2. The molecule has 0 aliphatic carbocycles. The zero-order chi connectivity index (χ0) is 24.3. The van der Waals surface area contributed by atoms with Crippen molar-refractivity contribution in [1.82, 2.24) is 15.1 Å². The molecule has 1 N–H and O–H groups in total. The van der Waals surface area contributed by atoms with Gasteiger partial charge in [0.1, 0.15) is 0 Å². The number of benzene rings is 4. The second-order valence-electron chi connectivity index (χ2n) is 9.70.